The Kier molecular flexibility index (Phi) is 7.23. The number of hydrogen-bond acceptors (Lipinski definition) is 5. The second kappa shape index (κ2) is 9.70. The van der Waals surface area contributed by atoms with Crippen molar-refractivity contribution in [3.8, 4) is 0 Å². The van der Waals surface area contributed by atoms with Gasteiger partial charge in [0, 0.05) is 43.7 Å². The van der Waals surface area contributed by atoms with Gasteiger partial charge in [0.1, 0.15) is 11.5 Å². The topological polar surface area (TPSA) is 76.5 Å². The van der Waals surface area contributed by atoms with Crippen LogP contribution in [0, 0.1) is 11.2 Å². The van der Waals surface area contributed by atoms with E-state index in [1.54, 1.807) is 28.0 Å². The highest BCUT2D eigenvalue weighted by molar-refractivity contribution is 7.81. The summed E-state index contributed by atoms with van der Waals surface area (Å²) in [6, 6.07) is 9.44. The number of nitrogens with one attached hydrogen (secondary N) is 2. The molecule has 2 amide bonds. The standard InChI is InChI=1S/C22H24ClFN4O2S/c1-27(2)19-6-4-3-5-15(19)21(25)22(30)26-18-11-17(24)13(9-16(18)23)10-20(29)28-8-7-14(31)12-28/h3-6,9,11,14,25,31H,7-8,10,12H2,1-2H3,(H,26,30)/t14-/m0/s1. The summed E-state index contributed by atoms with van der Waals surface area (Å²) in [5.74, 6) is -1.54. The molecule has 164 valence electrons. The fraction of sp³-hybridized carbons (Fsp3) is 0.318. The molecule has 0 aliphatic carbocycles. The van der Waals surface area contributed by atoms with Gasteiger partial charge >= 0.3 is 0 Å². The zero-order valence-electron chi connectivity index (χ0n) is 17.3. The number of likely N-dealkylation sites (tertiary alicyclic amines) is 1. The first kappa shape index (κ1) is 23.1. The molecule has 0 spiro atoms. The van der Waals surface area contributed by atoms with E-state index in [4.69, 9.17) is 17.0 Å². The van der Waals surface area contributed by atoms with Crippen molar-refractivity contribution in [3.05, 3.63) is 58.4 Å². The molecule has 1 aliphatic rings. The fourth-order valence-corrected chi connectivity index (χ4v) is 3.99. The summed E-state index contributed by atoms with van der Waals surface area (Å²) in [6.07, 6.45) is 0.693. The largest absolute Gasteiger partial charge is 0.377 e. The van der Waals surface area contributed by atoms with E-state index in [1.807, 2.05) is 20.2 Å². The minimum absolute atomic E-state index is 0.0454. The Balaban J connectivity index is 1.74. The fourth-order valence-electron chi connectivity index (χ4n) is 3.44. The van der Waals surface area contributed by atoms with E-state index in [9.17, 15) is 14.0 Å². The van der Waals surface area contributed by atoms with E-state index in [0.717, 1.165) is 12.5 Å². The molecule has 1 fully saturated rings. The van der Waals surface area contributed by atoms with Crippen LogP contribution in [0.1, 0.15) is 17.5 Å². The second-order valence-electron chi connectivity index (χ2n) is 7.62. The second-order valence-corrected chi connectivity index (χ2v) is 8.76. The SMILES string of the molecule is CN(C)c1ccccc1C(=N)C(=O)Nc1cc(F)c(CC(=O)N2CC[C@H](S)C2)cc1Cl. The van der Waals surface area contributed by atoms with E-state index >= 15 is 0 Å². The van der Waals surface area contributed by atoms with Gasteiger partial charge in [0.25, 0.3) is 5.91 Å². The maximum atomic E-state index is 14.6. The Hall–Kier alpha value is -2.58. The molecule has 9 heteroatoms. The van der Waals surface area contributed by atoms with Crippen LogP contribution in [0.5, 0.6) is 0 Å². The highest BCUT2D eigenvalue weighted by Gasteiger charge is 2.25. The number of hydrogen-bond donors (Lipinski definition) is 3. The molecule has 3 rings (SSSR count). The molecule has 1 atom stereocenters. The van der Waals surface area contributed by atoms with Crippen molar-refractivity contribution in [1.82, 2.24) is 4.90 Å². The Morgan fingerprint density at radius 2 is 2.03 bits per heavy atom. The molecular weight excluding hydrogens is 439 g/mol. The molecule has 6 nitrogen and oxygen atoms in total. The molecule has 1 heterocycles. The van der Waals surface area contributed by atoms with Gasteiger partial charge in [-0.1, -0.05) is 29.8 Å². The lowest BCUT2D eigenvalue weighted by molar-refractivity contribution is -0.129. The van der Waals surface area contributed by atoms with Crippen LogP contribution in [0.15, 0.2) is 36.4 Å². The lowest BCUT2D eigenvalue weighted by Crippen LogP contribution is -2.30. The normalized spacial score (nSPS) is 15.6. The third-order valence-electron chi connectivity index (χ3n) is 5.12. The third kappa shape index (κ3) is 5.37. The van der Waals surface area contributed by atoms with E-state index in [2.05, 4.69) is 17.9 Å². The summed E-state index contributed by atoms with van der Waals surface area (Å²) in [7, 11) is 3.63. The number of rotatable bonds is 6. The van der Waals surface area contributed by atoms with Crippen molar-refractivity contribution < 1.29 is 14.0 Å². The average molecular weight is 463 g/mol. The summed E-state index contributed by atoms with van der Waals surface area (Å²) >= 11 is 10.6. The summed E-state index contributed by atoms with van der Waals surface area (Å²) in [6.45, 7) is 1.15. The average Bonchev–Trinajstić information content (AvgIpc) is 3.17. The monoisotopic (exact) mass is 462 g/mol. The number of amides is 2. The molecule has 2 N–H and O–H groups in total. The zero-order valence-corrected chi connectivity index (χ0v) is 18.9. The minimum atomic E-state index is -0.712. The maximum absolute atomic E-state index is 14.6. The van der Waals surface area contributed by atoms with Crippen LogP contribution in [-0.4, -0.2) is 54.9 Å². The molecule has 0 radical (unpaired) electrons. The van der Waals surface area contributed by atoms with Crippen molar-refractivity contribution in [2.75, 3.05) is 37.4 Å². The first-order valence-corrected chi connectivity index (χ1v) is 10.7. The molecule has 2 aromatic rings. The van der Waals surface area contributed by atoms with Crippen LogP contribution in [0.3, 0.4) is 0 Å². The number of thiol groups is 1. The van der Waals surface area contributed by atoms with Gasteiger partial charge in [-0.05, 0) is 30.2 Å². The molecule has 0 saturated carbocycles. The predicted octanol–water partition coefficient (Wildman–Crippen LogP) is 3.62. The zero-order chi connectivity index (χ0) is 22.7. The molecule has 2 aromatic carbocycles. The first-order chi connectivity index (χ1) is 14.7. The van der Waals surface area contributed by atoms with Crippen LogP contribution in [0.4, 0.5) is 15.8 Å². The lowest BCUT2D eigenvalue weighted by Gasteiger charge is -2.18. The van der Waals surface area contributed by atoms with Gasteiger partial charge in [-0.2, -0.15) is 12.6 Å². The van der Waals surface area contributed by atoms with Crippen LogP contribution in [0.2, 0.25) is 5.02 Å². The van der Waals surface area contributed by atoms with Crippen molar-refractivity contribution in [2.24, 2.45) is 0 Å². The third-order valence-corrected chi connectivity index (χ3v) is 5.86. The van der Waals surface area contributed by atoms with Crippen molar-refractivity contribution >= 4 is 53.1 Å². The van der Waals surface area contributed by atoms with E-state index in [-0.39, 0.29) is 39.6 Å². The highest BCUT2D eigenvalue weighted by Crippen LogP contribution is 2.27. The Bertz CT molecular complexity index is 1030. The summed E-state index contributed by atoms with van der Waals surface area (Å²) < 4.78 is 14.6. The number of para-hydroxylation sites is 1. The van der Waals surface area contributed by atoms with E-state index < -0.39 is 11.7 Å². The molecular formula is C22H24ClFN4O2S. The van der Waals surface area contributed by atoms with Crippen LogP contribution in [0.25, 0.3) is 0 Å². The van der Waals surface area contributed by atoms with E-state index in [0.29, 0.717) is 24.3 Å². The molecule has 31 heavy (non-hydrogen) atoms. The Morgan fingerprint density at radius 1 is 1.32 bits per heavy atom. The quantitative estimate of drug-likeness (QED) is 0.453. The van der Waals surface area contributed by atoms with Gasteiger partial charge in [-0.15, -0.1) is 0 Å². The number of anilines is 2. The van der Waals surface area contributed by atoms with Gasteiger partial charge < -0.3 is 15.1 Å². The smallest absolute Gasteiger partial charge is 0.274 e. The molecule has 1 saturated heterocycles. The van der Waals surface area contributed by atoms with Crippen LogP contribution < -0.4 is 10.2 Å². The van der Waals surface area contributed by atoms with Crippen molar-refractivity contribution in [3.63, 3.8) is 0 Å². The predicted molar refractivity (Wildman–Crippen MR) is 125 cm³/mol. The maximum Gasteiger partial charge on any atom is 0.274 e. The molecule has 1 aliphatic heterocycles. The molecule has 0 aromatic heterocycles. The summed E-state index contributed by atoms with van der Waals surface area (Å²) in [5.41, 5.74) is 1.08. The first-order valence-electron chi connectivity index (χ1n) is 9.77. The van der Waals surface area contributed by atoms with Gasteiger partial charge in [0.2, 0.25) is 5.91 Å². The Labute approximate surface area is 191 Å². The lowest BCUT2D eigenvalue weighted by atomic mass is 10.1. The van der Waals surface area contributed by atoms with Gasteiger partial charge in [-0.25, -0.2) is 4.39 Å². The number of carbonyl (C=O) groups excluding carboxylic acids is 2. The van der Waals surface area contributed by atoms with Crippen molar-refractivity contribution in [2.45, 2.75) is 18.1 Å². The van der Waals surface area contributed by atoms with Crippen LogP contribution >= 0.6 is 24.2 Å². The van der Waals surface area contributed by atoms with Gasteiger partial charge in [0.05, 0.1) is 17.1 Å². The van der Waals surface area contributed by atoms with Gasteiger partial charge in [-0.3, -0.25) is 15.0 Å². The summed E-state index contributed by atoms with van der Waals surface area (Å²) in [5, 5.41) is 11.0. The van der Waals surface area contributed by atoms with Crippen molar-refractivity contribution in [1.29, 1.82) is 5.41 Å². The molecule has 0 unspecified atom stereocenters. The number of nitrogens with zero attached hydrogens (tertiary/aromatic N) is 2. The van der Waals surface area contributed by atoms with Crippen LogP contribution in [-0.2, 0) is 16.0 Å². The van der Waals surface area contributed by atoms with Gasteiger partial charge in [0.15, 0.2) is 0 Å². The highest BCUT2D eigenvalue weighted by atomic mass is 35.5. The minimum Gasteiger partial charge on any atom is -0.377 e. The number of halogens is 2. The number of benzene rings is 2. The van der Waals surface area contributed by atoms with E-state index in [1.165, 1.54) is 6.07 Å². The Morgan fingerprint density at radius 3 is 2.68 bits per heavy atom. The molecule has 0 bridgehead atoms. The summed E-state index contributed by atoms with van der Waals surface area (Å²) in [4.78, 5) is 28.5. The number of carbonyl (C=O) groups is 2.